The zero-order valence-corrected chi connectivity index (χ0v) is 10.8. The number of benzene rings is 1. The Balaban J connectivity index is 2.47. The van der Waals surface area contributed by atoms with E-state index in [-0.39, 0.29) is 18.2 Å². The predicted molar refractivity (Wildman–Crippen MR) is 71.5 cm³/mol. The molecule has 0 bridgehead atoms. The van der Waals surface area contributed by atoms with Gasteiger partial charge in [0.25, 0.3) is 0 Å². The lowest BCUT2D eigenvalue weighted by Gasteiger charge is -2.49. The molecule has 1 heterocycles. The Hall–Kier alpha value is -1.57. The number of piperazine rings is 1. The fourth-order valence-electron chi connectivity index (χ4n) is 2.66. The largest absolute Gasteiger partial charge is 0.394 e. The van der Waals surface area contributed by atoms with Crippen LogP contribution in [-0.4, -0.2) is 36.4 Å². The maximum atomic E-state index is 9.55. The van der Waals surface area contributed by atoms with Crippen LogP contribution in [0.2, 0.25) is 0 Å². The SMILES string of the molecule is CC1(C)CNCC(CO)N1c1ccccc1C#N. The summed E-state index contributed by atoms with van der Waals surface area (Å²) in [6.45, 7) is 5.89. The van der Waals surface area contributed by atoms with Crippen LogP contribution in [0, 0.1) is 11.3 Å². The molecule has 4 heteroatoms. The maximum Gasteiger partial charge on any atom is 0.101 e. The predicted octanol–water partition coefficient (Wildman–Crippen LogP) is 1.11. The number of nitriles is 1. The van der Waals surface area contributed by atoms with Crippen LogP contribution in [0.1, 0.15) is 19.4 Å². The Morgan fingerprint density at radius 3 is 2.89 bits per heavy atom. The molecule has 1 aliphatic heterocycles. The van der Waals surface area contributed by atoms with Crippen molar-refractivity contribution in [2.24, 2.45) is 0 Å². The van der Waals surface area contributed by atoms with Gasteiger partial charge >= 0.3 is 0 Å². The van der Waals surface area contributed by atoms with Crippen molar-refractivity contribution in [1.82, 2.24) is 5.32 Å². The first-order chi connectivity index (χ1) is 8.60. The van der Waals surface area contributed by atoms with Gasteiger partial charge in [0, 0.05) is 18.6 Å². The van der Waals surface area contributed by atoms with E-state index in [1.54, 1.807) is 0 Å². The molecular weight excluding hydrogens is 226 g/mol. The monoisotopic (exact) mass is 245 g/mol. The molecule has 18 heavy (non-hydrogen) atoms. The van der Waals surface area contributed by atoms with E-state index in [0.29, 0.717) is 5.56 Å². The van der Waals surface area contributed by atoms with Gasteiger partial charge in [-0.1, -0.05) is 12.1 Å². The van der Waals surface area contributed by atoms with Crippen molar-refractivity contribution in [3.63, 3.8) is 0 Å². The summed E-state index contributed by atoms with van der Waals surface area (Å²) in [4.78, 5) is 2.17. The highest BCUT2D eigenvalue weighted by Crippen LogP contribution is 2.31. The summed E-state index contributed by atoms with van der Waals surface area (Å²) >= 11 is 0. The Bertz CT molecular complexity index is 464. The van der Waals surface area contributed by atoms with Crippen LogP contribution < -0.4 is 10.2 Å². The molecule has 1 fully saturated rings. The smallest absolute Gasteiger partial charge is 0.101 e. The lowest BCUT2D eigenvalue weighted by atomic mass is 9.94. The zero-order valence-electron chi connectivity index (χ0n) is 10.8. The van der Waals surface area contributed by atoms with Gasteiger partial charge in [-0.05, 0) is 26.0 Å². The molecule has 1 aromatic rings. The number of aliphatic hydroxyl groups is 1. The molecule has 0 spiro atoms. The molecule has 4 nitrogen and oxygen atoms in total. The average molecular weight is 245 g/mol. The Kier molecular flexibility index (Phi) is 3.55. The summed E-state index contributed by atoms with van der Waals surface area (Å²) in [5, 5.41) is 22.1. The van der Waals surface area contributed by atoms with Crippen molar-refractivity contribution in [3.05, 3.63) is 29.8 Å². The van der Waals surface area contributed by atoms with Crippen LogP contribution in [0.4, 0.5) is 5.69 Å². The zero-order chi connectivity index (χ0) is 13.2. The van der Waals surface area contributed by atoms with Crippen molar-refractivity contribution in [3.8, 4) is 6.07 Å². The minimum atomic E-state index is -0.126. The second kappa shape index (κ2) is 4.97. The molecule has 1 atom stereocenters. The third kappa shape index (κ3) is 2.20. The summed E-state index contributed by atoms with van der Waals surface area (Å²) < 4.78 is 0. The molecule has 0 aliphatic carbocycles. The van der Waals surface area contributed by atoms with E-state index in [4.69, 9.17) is 0 Å². The fraction of sp³-hybridized carbons (Fsp3) is 0.500. The van der Waals surface area contributed by atoms with Gasteiger partial charge in [0.2, 0.25) is 0 Å². The second-order valence-corrected chi connectivity index (χ2v) is 5.28. The number of para-hydroxylation sites is 1. The normalized spacial score (nSPS) is 22.6. The van der Waals surface area contributed by atoms with E-state index >= 15 is 0 Å². The second-order valence-electron chi connectivity index (χ2n) is 5.28. The molecule has 0 saturated carbocycles. The van der Waals surface area contributed by atoms with Gasteiger partial charge in [-0.15, -0.1) is 0 Å². The number of aliphatic hydroxyl groups excluding tert-OH is 1. The van der Waals surface area contributed by atoms with Crippen LogP contribution in [-0.2, 0) is 0 Å². The molecule has 2 rings (SSSR count). The molecule has 1 saturated heterocycles. The molecule has 1 aliphatic rings. The van der Waals surface area contributed by atoms with Crippen LogP contribution in [0.15, 0.2) is 24.3 Å². The summed E-state index contributed by atoms with van der Waals surface area (Å²) in [5.41, 5.74) is 1.44. The van der Waals surface area contributed by atoms with Gasteiger partial charge < -0.3 is 15.3 Å². The highest BCUT2D eigenvalue weighted by molar-refractivity contribution is 5.61. The highest BCUT2D eigenvalue weighted by Gasteiger charge is 2.36. The van der Waals surface area contributed by atoms with E-state index in [1.807, 2.05) is 24.3 Å². The molecule has 1 unspecified atom stereocenters. The Morgan fingerprint density at radius 1 is 1.50 bits per heavy atom. The molecule has 0 aromatic heterocycles. The standard InChI is InChI=1S/C14H19N3O/c1-14(2)10-16-8-12(9-18)17(14)13-6-4-3-5-11(13)7-15/h3-6,12,16,18H,8-10H2,1-2H3. The molecule has 96 valence electrons. The minimum Gasteiger partial charge on any atom is -0.394 e. The number of anilines is 1. The first-order valence-electron chi connectivity index (χ1n) is 6.20. The summed E-state index contributed by atoms with van der Waals surface area (Å²) in [6.07, 6.45) is 0. The number of hydrogen-bond donors (Lipinski definition) is 2. The van der Waals surface area contributed by atoms with Gasteiger partial charge in [0.05, 0.1) is 23.9 Å². The van der Waals surface area contributed by atoms with E-state index in [2.05, 4.69) is 30.1 Å². The average Bonchev–Trinajstić information content (AvgIpc) is 2.37. The van der Waals surface area contributed by atoms with Crippen molar-refractivity contribution < 1.29 is 5.11 Å². The lowest BCUT2D eigenvalue weighted by Crippen LogP contribution is -2.64. The van der Waals surface area contributed by atoms with Gasteiger partial charge in [0.15, 0.2) is 0 Å². The summed E-state index contributed by atoms with van der Waals surface area (Å²) in [7, 11) is 0. The van der Waals surface area contributed by atoms with Crippen LogP contribution in [0.5, 0.6) is 0 Å². The maximum absolute atomic E-state index is 9.55. The van der Waals surface area contributed by atoms with Gasteiger partial charge in [-0.25, -0.2) is 0 Å². The topological polar surface area (TPSA) is 59.3 Å². The summed E-state index contributed by atoms with van der Waals surface area (Å²) in [6, 6.07) is 9.81. The van der Waals surface area contributed by atoms with Crippen LogP contribution >= 0.6 is 0 Å². The lowest BCUT2D eigenvalue weighted by molar-refractivity contribution is 0.212. The first kappa shape index (κ1) is 12.9. The van der Waals surface area contributed by atoms with E-state index in [9.17, 15) is 10.4 Å². The number of nitrogens with one attached hydrogen (secondary N) is 1. The minimum absolute atomic E-state index is 0.00301. The highest BCUT2D eigenvalue weighted by atomic mass is 16.3. The molecule has 2 N–H and O–H groups in total. The van der Waals surface area contributed by atoms with Gasteiger partial charge in [-0.2, -0.15) is 5.26 Å². The molecule has 0 amide bonds. The Labute approximate surface area is 108 Å². The van der Waals surface area contributed by atoms with Crippen molar-refractivity contribution in [2.75, 3.05) is 24.6 Å². The molecular formula is C14H19N3O. The van der Waals surface area contributed by atoms with E-state index < -0.39 is 0 Å². The van der Waals surface area contributed by atoms with Crippen molar-refractivity contribution >= 4 is 5.69 Å². The number of rotatable bonds is 2. The fourth-order valence-corrected chi connectivity index (χ4v) is 2.66. The van der Waals surface area contributed by atoms with Crippen molar-refractivity contribution in [2.45, 2.75) is 25.4 Å². The van der Waals surface area contributed by atoms with Crippen LogP contribution in [0.25, 0.3) is 0 Å². The van der Waals surface area contributed by atoms with Gasteiger partial charge in [-0.3, -0.25) is 0 Å². The van der Waals surface area contributed by atoms with Crippen LogP contribution in [0.3, 0.4) is 0 Å². The Morgan fingerprint density at radius 2 is 2.22 bits per heavy atom. The first-order valence-corrected chi connectivity index (χ1v) is 6.20. The number of hydrogen-bond acceptors (Lipinski definition) is 4. The summed E-state index contributed by atoms with van der Waals surface area (Å²) in [5.74, 6) is 0. The van der Waals surface area contributed by atoms with Crippen molar-refractivity contribution in [1.29, 1.82) is 5.26 Å². The molecule has 0 radical (unpaired) electrons. The van der Waals surface area contributed by atoms with E-state index in [1.165, 1.54) is 0 Å². The van der Waals surface area contributed by atoms with E-state index in [0.717, 1.165) is 18.8 Å². The third-order valence-corrected chi connectivity index (χ3v) is 3.45. The number of nitrogens with zero attached hydrogens (tertiary/aromatic N) is 2. The molecule has 1 aromatic carbocycles. The third-order valence-electron chi connectivity index (χ3n) is 3.45. The van der Waals surface area contributed by atoms with Gasteiger partial charge in [0.1, 0.15) is 6.07 Å². The quantitative estimate of drug-likeness (QED) is 0.819.